The molecule has 0 aliphatic rings. The Balaban J connectivity index is 2.61. The molecule has 0 aliphatic carbocycles. The lowest BCUT2D eigenvalue weighted by Crippen LogP contribution is -2.52. The molecule has 0 aromatic heterocycles. The second kappa shape index (κ2) is 15.8. The zero-order valence-corrected chi connectivity index (χ0v) is 25.7. The zero-order valence-electron chi connectivity index (χ0n) is 25.0. The fourth-order valence-electron chi connectivity index (χ4n) is 4.31. The number of nitrogens with two attached hydrogens (primary N) is 1. The van der Waals surface area contributed by atoms with Crippen molar-refractivity contribution in [3.05, 3.63) is 64.2 Å². The van der Waals surface area contributed by atoms with Crippen LogP contribution in [0.1, 0.15) is 82.5 Å². The maximum Gasteiger partial charge on any atom is 0.408 e. The molecule has 10 heteroatoms. The highest BCUT2D eigenvalue weighted by Crippen LogP contribution is 2.30. The molecule has 2 aromatic carbocycles. The molecule has 4 amide bonds. The smallest absolute Gasteiger partial charge is 0.408 e. The van der Waals surface area contributed by atoms with E-state index in [1.54, 1.807) is 57.2 Å². The Kier molecular flexibility index (Phi) is 12.9. The Morgan fingerprint density at radius 3 is 2.31 bits per heavy atom. The minimum absolute atomic E-state index is 0.0777. The molecule has 42 heavy (non-hydrogen) atoms. The van der Waals surface area contributed by atoms with Gasteiger partial charge in [0.05, 0.1) is 10.7 Å². The van der Waals surface area contributed by atoms with Crippen LogP contribution in [0.15, 0.2) is 42.5 Å². The van der Waals surface area contributed by atoms with Gasteiger partial charge < -0.3 is 26.0 Å². The number of nitrogens with one attached hydrogen (secondary N) is 2. The number of hydrogen-bond acceptors (Lipinski definition) is 5. The summed E-state index contributed by atoms with van der Waals surface area (Å²) in [5, 5.41) is 5.84. The van der Waals surface area contributed by atoms with E-state index in [-0.39, 0.29) is 19.4 Å². The predicted octanol–water partition coefficient (Wildman–Crippen LogP) is 5.49. The number of rotatable bonds is 13. The van der Waals surface area contributed by atoms with E-state index in [1.807, 2.05) is 19.9 Å². The number of carbonyl (C=O) groups excluding carboxylic acids is 4. The van der Waals surface area contributed by atoms with Crippen molar-refractivity contribution in [3.63, 3.8) is 0 Å². The maximum atomic E-state index is 14.2. The van der Waals surface area contributed by atoms with Gasteiger partial charge in [0.2, 0.25) is 11.8 Å². The summed E-state index contributed by atoms with van der Waals surface area (Å²) in [7, 11) is 0. The number of benzene rings is 2. The fraction of sp³-hybridized carbons (Fsp3) is 0.438. The largest absolute Gasteiger partial charge is 0.444 e. The molecule has 2 atom stereocenters. The number of primary amides is 1. The molecule has 2 rings (SSSR count). The molecule has 4 N–H and O–H groups in total. The second-order valence-corrected chi connectivity index (χ2v) is 11.4. The number of para-hydroxylation sites is 1. The average Bonchev–Trinajstić information content (AvgIpc) is 2.91. The summed E-state index contributed by atoms with van der Waals surface area (Å²) >= 11 is 6.42. The van der Waals surface area contributed by atoms with E-state index in [2.05, 4.69) is 16.6 Å². The first-order valence-corrected chi connectivity index (χ1v) is 14.4. The Morgan fingerprint density at radius 2 is 1.76 bits per heavy atom. The average molecular weight is 597 g/mol. The van der Waals surface area contributed by atoms with Crippen molar-refractivity contribution in [2.24, 2.45) is 5.73 Å². The number of amides is 4. The Morgan fingerprint density at radius 1 is 1.10 bits per heavy atom. The van der Waals surface area contributed by atoms with Crippen molar-refractivity contribution >= 4 is 41.1 Å². The van der Waals surface area contributed by atoms with Gasteiger partial charge in [-0.25, -0.2) is 4.79 Å². The molecule has 0 spiro atoms. The van der Waals surface area contributed by atoms with Crippen molar-refractivity contribution in [3.8, 4) is 12.3 Å². The van der Waals surface area contributed by atoms with Crippen LogP contribution in [0.3, 0.4) is 0 Å². The van der Waals surface area contributed by atoms with Crippen molar-refractivity contribution in [1.82, 2.24) is 10.2 Å². The fourth-order valence-corrected chi connectivity index (χ4v) is 4.58. The van der Waals surface area contributed by atoms with E-state index in [0.717, 1.165) is 18.4 Å². The van der Waals surface area contributed by atoms with Gasteiger partial charge in [0, 0.05) is 18.5 Å². The lowest BCUT2D eigenvalue weighted by atomic mass is 9.99. The van der Waals surface area contributed by atoms with Gasteiger partial charge in [-0.05, 0) is 69.9 Å². The molecule has 0 aliphatic heterocycles. The first-order chi connectivity index (χ1) is 19.8. The molecule has 0 bridgehead atoms. The molecular formula is C32H41ClN4O5. The number of nitrogens with zero attached hydrogens (tertiary/aromatic N) is 1. The van der Waals surface area contributed by atoms with Crippen LogP contribution >= 0.6 is 11.6 Å². The van der Waals surface area contributed by atoms with E-state index in [1.165, 1.54) is 4.90 Å². The number of halogens is 1. The summed E-state index contributed by atoms with van der Waals surface area (Å²) in [6, 6.07) is 9.71. The highest BCUT2D eigenvalue weighted by atomic mass is 35.5. The van der Waals surface area contributed by atoms with Gasteiger partial charge in [0.1, 0.15) is 17.7 Å². The van der Waals surface area contributed by atoms with Crippen LogP contribution in [0.2, 0.25) is 5.02 Å². The Bertz CT molecular complexity index is 1280. The third kappa shape index (κ3) is 10.4. The van der Waals surface area contributed by atoms with Crippen LogP contribution in [0.4, 0.5) is 10.5 Å². The Labute approximate surface area is 253 Å². The summed E-state index contributed by atoms with van der Waals surface area (Å²) < 4.78 is 5.38. The summed E-state index contributed by atoms with van der Waals surface area (Å²) in [5.74, 6) is 0.854. The number of ether oxygens (including phenoxy) is 1. The minimum Gasteiger partial charge on any atom is -0.444 e. The molecule has 0 saturated carbocycles. The lowest BCUT2D eigenvalue weighted by molar-refractivity contribution is -0.141. The highest BCUT2D eigenvalue weighted by Gasteiger charge is 2.36. The van der Waals surface area contributed by atoms with Gasteiger partial charge >= 0.3 is 6.09 Å². The van der Waals surface area contributed by atoms with Crippen LogP contribution in [-0.2, 0) is 19.1 Å². The van der Waals surface area contributed by atoms with E-state index < -0.39 is 41.5 Å². The van der Waals surface area contributed by atoms with Gasteiger partial charge in [-0.15, -0.1) is 6.42 Å². The number of aryl methyl sites for hydroxylation is 1. The van der Waals surface area contributed by atoms with E-state index in [9.17, 15) is 19.2 Å². The maximum absolute atomic E-state index is 14.2. The van der Waals surface area contributed by atoms with Gasteiger partial charge in [-0.1, -0.05) is 61.6 Å². The monoisotopic (exact) mass is 596 g/mol. The number of hydrogen-bond donors (Lipinski definition) is 3. The molecule has 2 aromatic rings. The third-order valence-corrected chi connectivity index (χ3v) is 6.69. The first-order valence-electron chi connectivity index (χ1n) is 14.0. The first kappa shape index (κ1) is 34.2. The second-order valence-electron chi connectivity index (χ2n) is 11.0. The lowest BCUT2D eigenvalue weighted by Gasteiger charge is -2.34. The summed E-state index contributed by atoms with van der Waals surface area (Å²) in [4.78, 5) is 54.1. The van der Waals surface area contributed by atoms with Gasteiger partial charge in [0.25, 0.3) is 5.91 Å². The topological polar surface area (TPSA) is 131 Å². The number of unbranched alkanes of at least 4 members (excludes halogenated alkanes) is 2. The number of terminal acetylenes is 1. The van der Waals surface area contributed by atoms with Crippen LogP contribution in [0.5, 0.6) is 0 Å². The van der Waals surface area contributed by atoms with Crippen LogP contribution in [0.25, 0.3) is 0 Å². The number of anilines is 1. The van der Waals surface area contributed by atoms with Crippen LogP contribution in [-0.4, -0.2) is 46.9 Å². The number of carbonyl (C=O) groups is 4. The molecular weight excluding hydrogens is 556 g/mol. The van der Waals surface area contributed by atoms with Crippen molar-refractivity contribution in [2.75, 3.05) is 11.9 Å². The van der Waals surface area contributed by atoms with E-state index >= 15 is 0 Å². The third-order valence-electron chi connectivity index (χ3n) is 6.38. The quantitative estimate of drug-likeness (QED) is 0.208. The van der Waals surface area contributed by atoms with Crippen molar-refractivity contribution in [2.45, 2.75) is 84.4 Å². The summed E-state index contributed by atoms with van der Waals surface area (Å²) in [6.45, 7) is 9.12. The normalized spacial score (nSPS) is 12.4. The van der Waals surface area contributed by atoms with Crippen LogP contribution in [0, 0.1) is 19.3 Å². The summed E-state index contributed by atoms with van der Waals surface area (Å²) in [5.41, 5.74) is 6.84. The zero-order chi connectivity index (χ0) is 31.4. The van der Waals surface area contributed by atoms with Crippen LogP contribution < -0.4 is 16.4 Å². The molecule has 0 fully saturated rings. The van der Waals surface area contributed by atoms with E-state index in [4.69, 9.17) is 28.5 Å². The van der Waals surface area contributed by atoms with Gasteiger partial charge in [-0.2, -0.15) is 0 Å². The molecule has 9 nitrogen and oxygen atoms in total. The van der Waals surface area contributed by atoms with Gasteiger partial charge in [-0.3, -0.25) is 14.4 Å². The molecule has 0 saturated heterocycles. The highest BCUT2D eigenvalue weighted by molar-refractivity contribution is 6.34. The molecule has 2 unspecified atom stereocenters. The van der Waals surface area contributed by atoms with E-state index in [0.29, 0.717) is 28.3 Å². The molecule has 0 radical (unpaired) electrons. The summed E-state index contributed by atoms with van der Waals surface area (Å²) in [6.07, 6.45) is 6.74. The minimum atomic E-state index is -1.18. The van der Waals surface area contributed by atoms with Gasteiger partial charge in [0.15, 0.2) is 0 Å². The predicted molar refractivity (Wildman–Crippen MR) is 165 cm³/mol. The standard InChI is InChI=1S/C32H41ClN4O5/c1-7-9-10-20-37(30(40)25(18-19-26(34)38)35-31(41)42-32(4,5)6)28(23-16-14-22(8-2)15-17-23)29(39)36-27-21(3)12-11-13-24(27)33/h2,11-17,25,28H,7,9-10,18-20H2,1,3-6H3,(H2,34,38)(H,35,41)(H,36,39). The van der Waals surface area contributed by atoms with Crippen molar-refractivity contribution < 1.29 is 23.9 Å². The van der Waals surface area contributed by atoms with Crippen molar-refractivity contribution in [1.29, 1.82) is 0 Å². The molecule has 0 heterocycles. The Hall–Kier alpha value is -4.03. The number of alkyl carbamates (subject to hydrolysis) is 1. The molecule has 226 valence electrons. The SMILES string of the molecule is C#Cc1ccc(C(C(=O)Nc2c(C)cccc2Cl)N(CCCCC)C(=O)C(CCC(N)=O)NC(=O)OC(C)(C)C)cc1.